The minimum Gasteiger partial charge on any atom is -0.331 e. The van der Waals surface area contributed by atoms with E-state index in [9.17, 15) is 18.0 Å². The minimum atomic E-state index is -3.07. The van der Waals surface area contributed by atoms with Gasteiger partial charge >= 0.3 is 11.8 Å². The van der Waals surface area contributed by atoms with E-state index in [0.717, 1.165) is 19.3 Å². The fraction of sp³-hybridized carbons (Fsp3) is 0.867. The Bertz CT molecular complexity index is 536. The van der Waals surface area contributed by atoms with Crippen LogP contribution in [-0.2, 0) is 19.4 Å². The topological polar surface area (TPSA) is 74.8 Å². The molecule has 6 nitrogen and oxygen atoms in total. The lowest BCUT2D eigenvalue weighted by atomic mass is 9.97. The largest absolute Gasteiger partial charge is 0.331 e. The Balaban J connectivity index is 2.12. The highest BCUT2D eigenvalue weighted by Crippen LogP contribution is 2.24. The number of sulfone groups is 1. The Labute approximate surface area is 132 Å². The van der Waals surface area contributed by atoms with Crippen molar-refractivity contribution in [2.45, 2.75) is 64.6 Å². The summed E-state index contributed by atoms with van der Waals surface area (Å²) >= 11 is 0. The van der Waals surface area contributed by atoms with Gasteiger partial charge in [0.05, 0.1) is 11.5 Å². The Morgan fingerprint density at radius 2 is 1.73 bits per heavy atom. The molecule has 0 spiro atoms. The second-order valence-corrected chi connectivity index (χ2v) is 8.72. The predicted octanol–water partition coefficient (Wildman–Crippen LogP) is 0.811. The molecule has 0 aliphatic carbocycles. The minimum absolute atomic E-state index is 0.0229. The van der Waals surface area contributed by atoms with Crippen LogP contribution in [0.2, 0.25) is 0 Å². The van der Waals surface area contributed by atoms with Crippen LogP contribution in [0.5, 0.6) is 0 Å². The molecule has 2 fully saturated rings. The van der Waals surface area contributed by atoms with Gasteiger partial charge in [-0.2, -0.15) is 0 Å². The zero-order valence-electron chi connectivity index (χ0n) is 13.6. The van der Waals surface area contributed by atoms with E-state index in [2.05, 4.69) is 0 Å². The lowest BCUT2D eigenvalue weighted by Crippen LogP contribution is -2.55. The second-order valence-electron chi connectivity index (χ2n) is 6.49. The molecule has 2 aliphatic rings. The Morgan fingerprint density at radius 1 is 1.14 bits per heavy atom. The van der Waals surface area contributed by atoms with E-state index in [1.165, 1.54) is 4.90 Å². The molecule has 0 aromatic heterocycles. The van der Waals surface area contributed by atoms with Gasteiger partial charge in [0.25, 0.3) is 0 Å². The highest BCUT2D eigenvalue weighted by atomic mass is 32.2. The zero-order chi connectivity index (χ0) is 16.5. The van der Waals surface area contributed by atoms with Crippen LogP contribution >= 0.6 is 0 Å². The number of hydrogen-bond donors (Lipinski definition) is 0. The summed E-state index contributed by atoms with van der Waals surface area (Å²) in [7, 11) is -3.07. The number of hydrogen-bond acceptors (Lipinski definition) is 4. The summed E-state index contributed by atoms with van der Waals surface area (Å²) < 4.78 is 23.3. The maximum atomic E-state index is 12.6. The number of rotatable bonds is 2. The van der Waals surface area contributed by atoms with Crippen molar-refractivity contribution in [1.29, 1.82) is 0 Å². The van der Waals surface area contributed by atoms with E-state index in [1.807, 2.05) is 13.8 Å². The fourth-order valence-corrected chi connectivity index (χ4v) is 5.37. The summed E-state index contributed by atoms with van der Waals surface area (Å²) in [5.41, 5.74) is 0. The van der Waals surface area contributed by atoms with Crippen molar-refractivity contribution >= 4 is 21.7 Å². The average Bonchev–Trinajstić information content (AvgIpc) is 2.79. The second kappa shape index (κ2) is 6.56. The normalized spacial score (nSPS) is 31.0. The molecule has 0 N–H and O–H groups in total. The molecule has 2 saturated heterocycles. The van der Waals surface area contributed by atoms with Gasteiger partial charge in [0, 0.05) is 24.7 Å². The molecule has 2 heterocycles. The van der Waals surface area contributed by atoms with Gasteiger partial charge < -0.3 is 9.80 Å². The van der Waals surface area contributed by atoms with E-state index in [1.54, 1.807) is 11.8 Å². The van der Waals surface area contributed by atoms with Crippen LogP contribution in [0.15, 0.2) is 0 Å². The number of piperidine rings is 1. The van der Waals surface area contributed by atoms with Crippen LogP contribution in [0.25, 0.3) is 0 Å². The van der Waals surface area contributed by atoms with Crippen LogP contribution in [-0.4, -0.2) is 66.2 Å². The van der Waals surface area contributed by atoms with Crippen molar-refractivity contribution in [3.05, 3.63) is 0 Å². The van der Waals surface area contributed by atoms with Crippen molar-refractivity contribution in [3.63, 3.8) is 0 Å². The summed E-state index contributed by atoms with van der Waals surface area (Å²) in [4.78, 5) is 28.3. The highest BCUT2D eigenvalue weighted by molar-refractivity contribution is 7.91. The van der Waals surface area contributed by atoms with Crippen LogP contribution in [0, 0.1) is 0 Å². The van der Waals surface area contributed by atoms with E-state index >= 15 is 0 Å². The molecule has 2 amide bonds. The Morgan fingerprint density at radius 3 is 2.18 bits per heavy atom. The first-order chi connectivity index (χ1) is 10.3. The SMILES string of the molecule is CCN(C(=O)C(=O)N1C(C)CCCC1C)C1CCS(=O)(=O)C1. The molecule has 2 rings (SSSR count). The molecule has 3 atom stereocenters. The van der Waals surface area contributed by atoms with Gasteiger partial charge in [0.1, 0.15) is 0 Å². The van der Waals surface area contributed by atoms with E-state index in [0.29, 0.717) is 13.0 Å². The molecule has 0 aromatic carbocycles. The third kappa shape index (κ3) is 3.45. The molecule has 126 valence electrons. The molecule has 0 bridgehead atoms. The molecule has 22 heavy (non-hydrogen) atoms. The maximum absolute atomic E-state index is 12.6. The summed E-state index contributed by atoms with van der Waals surface area (Å²) in [6, 6.07) is -0.237. The number of carbonyl (C=O) groups excluding carboxylic acids is 2. The number of nitrogens with zero attached hydrogens (tertiary/aromatic N) is 2. The standard InChI is InChI=1S/C15H26N2O4S/c1-4-16(13-8-9-22(20,21)10-13)14(18)15(19)17-11(2)6-5-7-12(17)3/h11-13H,4-10H2,1-3H3. The van der Waals surface area contributed by atoms with Gasteiger partial charge in [-0.05, 0) is 46.5 Å². The van der Waals surface area contributed by atoms with E-state index < -0.39 is 21.7 Å². The molecule has 0 radical (unpaired) electrons. The molecular formula is C15H26N2O4S. The maximum Gasteiger partial charge on any atom is 0.312 e. The lowest BCUT2D eigenvalue weighted by molar-refractivity contribution is -0.156. The lowest BCUT2D eigenvalue weighted by Gasteiger charge is -2.40. The molecular weight excluding hydrogens is 304 g/mol. The summed E-state index contributed by atoms with van der Waals surface area (Å²) in [5.74, 6) is -0.951. The summed E-state index contributed by atoms with van der Waals surface area (Å²) in [6.07, 6.45) is 3.32. The first-order valence-electron chi connectivity index (χ1n) is 8.10. The average molecular weight is 330 g/mol. The van der Waals surface area contributed by atoms with Crippen LogP contribution in [0.1, 0.15) is 46.5 Å². The van der Waals surface area contributed by atoms with Gasteiger partial charge in [0.15, 0.2) is 9.84 Å². The van der Waals surface area contributed by atoms with Crippen molar-refractivity contribution in [2.75, 3.05) is 18.1 Å². The zero-order valence-corrected chi connectivity index (χ0v) is 14.4. The third-order valence-corrected chi connectivity index (χ3v) is 6.61. The predicted molar refractivity (Wildman–Crippen MR) is 84.1 cm³/mol. The molecule has 7 heteroatoms. The van der Waals surface area contributed by atoms with Gasteiger partial charge in [-0.15, -0.1) is 0 Å². The Kier molecular flexibility index (Phi) is 5.14. The highest BCUT2D eigenvalue weighted by Gasteiger charge is 2.39. The molecule has 3 unspecified atom stereocenters. The summed E-state index contributed by atoms with van der Waals surface area (Å²) in [6.45, 7) is 6.09. The van der Waals surface area contributed by atoms with Crippen LogP contribution in [0.4, 0.5) is 0 Å². The van der Waals surface area contributed by atoms with Crippen molar-refractivity contribution < 1.29 is 18.0 Å². The number of carbonyl (C=O) groups is 2. The van der Waals surface area contributed by atoms with Crippen molar-refractivity contribution in [3.8, 4) is 0 Å². The third-order valence-electron chi connectivity index (χ3n) is 4.86. The monoisotopic (exact) mass is 330 g/mol. The van der Waals surface area contributed by atoms with Crippen molar-refractivity contribution in [2.24, 2.45) is 0 Å². The quantitative estimate of drug-likeness (QED) is 0.702. The molecule has 0 aromatic rings. The van der Waals surface area contributed by atoms with E-state index in [4.69, 9.17) is 0 Å². The van der Waals surface area contributed by atoms with Crippen LogP contribution < -0.4 is 0 Å². The van der Waals surface area contributed by atoms with Crippen molar-refractivity contribution in [1.82, 2.24) is 9.80 Å². The smallest absolute Gasteiger partial charge is 0.312 e. The van der Waals surface area contributed by atoms with Crippen LogP contribution in [0.3, 0.4) is 0 Å². The van der Waals surface area contributed by atoms with Gasteiger partial charge in [0.2, 0.25) is 0 Å². The summed E-state index contributed by atoms with van der Waals surface area (Å²) in [5, 5.41) is 0. The number of likely N-dealkylation sites (N-methyl/N-ethyl adjacent to an activating group) is 1. The molecule has 0 saturated carbocycles. The molecule has 2 aliphatic heterocycles. The van der Waals surface area contributed by atoms with Gasteiger partial charge in [-0.25, -0.2) is 8.42 Å². The van der Waals surface area contributed by atoms with E-state index in [-0.39, 0.29) is 29.6 Å². The number of likely N-dealkylation sites (tertiary alicyclic amines) is 1. The first kappa shape index (κ1) is 17.2. The number of amides is 2. The van der Waals surface area contributed by atoms with Gasteiger partial charge in [-0.1, -0.05) is 0 Å². The Hall–Kier alpha value is -1.11. The first-order valence-corrected chi connectivity index (χ1v) is 9.92. The fourth-order valence-electron chi connectivity index (χ4n) is 3.64. The van der Waals surface area contributed by atoms with Gasteiger partial charge in [-0.3, -0.25) is 9.59 Å².